The minimum absolute atomic E-state index is 0.0746. The van der Waals surface area contributed by atoms with Gasteiger partial charge < -0.3 is 5.73 Å². The van der Waals surface area contributed by atoms with Crippen LogP contribution in [0.1, 0.15) is 36.9 Å². The van der Waals surface area contributed by atoms with Crippen molar-refractivity contribution >= 4 is 9.84 Å². The van der Waals surface area contributed by atoms with E-state index in [0.29, 0.717) is 11.7 Å². The van der Waals surface area contributed by atoms with Crippen LogP contribution in [-0.2, 0) is 16.3 Å². The first-order valence-electron chi connectivity index (χ1n) is 6.57. The van der Waals surface area contributed by atoms with E-state index in [9.17, 15) is 8.42 Å². The summed E-state index contributed by atoms with van der Waals surface area (Å²) in [5, 5.41) is 0. The third kappa shape index (κ3) is 2.93. The van der Waals surface area contributed by atoms with Gasteiger partial charge in [-0.3, -0.25) is 0 Å². The maximum atomic E-state index is 11.4. The number of fused-ring (bicyclic) bond motifs is 1. The zero-order chi connectivity index (χ0) is 13.2. The molecule has 0 heterocycles. The summed E-state index contributed by atoms with van der Waals surface area (Å²) < 4.78 is 22.9. The summed E-state index contributed by atoms with van der Waals surface area (Å²) in [5.74, 6) is 0.932. The third-order valence-corrected chi connectivity index (χ3v) is 5.66. The fourth-order valence-electron chi connectivity index (χ4n) is 2.70. The third-order valence-electron chi connectivity index (χ3n) is 3.87. The van der Waals surface area contributed by atoms with E-state index < -0.39 is 9.84 Å². The maximum absolute atomic E-state index is 11.4. The van der Waals surface area contributed by atoms with E-state index in [4.69, 9.17) is 5.73 Å². The van der Waals surface area contributed by atoms with Gasteiger partial charge in [0.2, 0.25) is 0 Å². The van der Waals surface area contributed by atoms with Crippen LogP contribution in [-0.4, -0.2) is 19.9 Å². The van der Waals surface area contributed by atoms with Crippen LogP contribution >= 0.6 is 0 Å². The molecule has 1 aromatic rings. The Bertz CT molecular complexity index is 510. The van der Waals surface area contributed by atoms with Gasteiger partial charge in [-0.1, -0.05) is 31.2 Å². The zero-order valence-electron chi connectivity index (χ0n) is 10.8. The molecule has 2 unspecified atom stereocenters. The second-order valence-electron chi connectivity index (χ2n) is 5.07. The second-order valence-corrected chi connectivity index (χ2v) is 7.54. The fraction of sp³-hybridized carbons (Fsp3) is 0.571. The molecule has 2 rings (SSSR count). The number of rotatable bonds is 5. The van der Waals surface area contributed by atoms with Crippen LogP contribution < -0.4 is 5.73 Å². The molecule has 4 heteroatoms. The Kier molecular flexibility index (Phi) is 4.07. The molecule has 0 aromatic heterocycles. The van der Waals surface area contributed by atoms with Gasteiger partial charge in [-0.05, 0) is 36.3 Å². The summed E-state index contributed by atoms with van der Waals surface area (Å²) in [4.78, 5) is 0. The monoisotopic (exact) mass is 267 g/mol. The minimum atomic E-state index is -2.84. The number of benzene rings is 1. The molecule has 0 bridgehead atoms. The van der Waals surface area contributed by atoms with Crippen LogP contribution in [0.4, 0.5) is 0 Å². The predicted octanol–water partition coefficient (Wildman–Crippen LogP) is 2.07. The Hall–Kier alpha value is -0.870. The van der Waals surface area contributed by atoms with Gasteiger partial charge in [0.05, 0.1) is 5.75 Å². The van der Waals surface area contributed by atoms with E-state index in [-0.39, 0.29) is 11.8 Å². The normalized spacial score (nSPS) is 23.0. The molecule has 0 saturated heterocycles. The highest BCUT2D eigenvalue weighted by atomic mass is 32.2. The molecule has 3 nitrogen and oxygen atoms in total. The van der Waals surface area contributed by atoms with Gasteiger partial charge >= 0.3 is 0 Å². The van der Waals surface area contributed by atoms with Crippen LogP contribution in [0, 0.1) is 5.92 Å². The average molecular weight is 267 g/mol. The Labute approximate surface area is 109 Å². The largest absolute Gasteiger partial charge is 0.324 e. The van der Waals surface area contributed by atoms with Crippen molar-refractivity contribution in [2.24, 2.45) is 11.7 Å². The molecule has 18 heavy (non-hydrogen) atoms. The SMILES string of the molecule is CCS(=O)(=O)CCCC1Cc2ccccc2C1N. The molecule has 0 saturated carbocycles. The van der Waals surface area contributed by atoms with Crippen LogP contribution in [0.3, 0.4) is 0 Å². The van der Waals surface area contributed by atoms with Crippen molar-refractivity contribution in [2.45, 2.75) is 32.2 Å². The van der Waals surface area contributed by atoms with Gasteiger partial charge in [-0.2, -0.15) is 0 Å². The van der Waals surface area contributed by atoms with E-state index >= 15 is 0 Å². The lowest BCUT2D eigenvalue weighted by atomic mass is 9.96. The van der Waals surface area contributed by atoms with Crippen molar-refractivity contribution in [3.63, 3.8) is 0 Å². The van der Waals surface area contributed by atoms with Crippen molar-refractivity contribution < 1.29 is 8.42 Å². The standard InChI is InChI=1S/C14H21NO2S/c1-2-18(16,17)9-5-7-12-10-11-6-3-4-8-13(11)14(12)15/h3-4,6,8,12,14H,2,5,7,9-10,15H2,1H3. The van der Waals surface area contributed by atoms with Crippen molar-refractivity contribution in [2.75, 3.05) is 11.5 Å². The molecule has 1 aliphatic rings. The van der Waals surface area contributed by atoms with Crippen molar-refractivity contribution in [1.29, 1.82) is 0 Å². The summed E-state index contributed by atoms with van der Waals surface area (Å²) >= 11 is 0. The van der Waals surface area contributed by atoms with E-state index in [1.165, 1.54) is 11.1 Å². The summed E-state index contributed by atoms with van der Waals surface area (Å²) in [5.41, 5.74) is 8.79. The first kappa shape index (κ1) is 13.6. The minimum Gasteiger partial charge on any atom is -0.324 e. The first-order chi connectivity index (χ1) is 8.53. The lowest BCUT2D eigenvalue weighted by Gasteiger charge is -2.15. The Morgan fingerprint density at radius 2 is 2.06 bits per heavy atom. The summed E-state index contributed by atoms with van der Waals surface area (Å²) in [6, 6.07) is 8.34. The highest BCUT2D eigenvalue weighted by molar-refractivity contribution is 7.91. The number of hydrogen-bond acceptors (Lipinski definition) is 3. The van der Waals surface area contributed by atoms with Gasteiger partial charge in [0.25, 0.3) is 0 Å². The first-order valence-corrected chi connectivity index (χ1v) is 8.39. The van der Waals surface area contributed by atoms with Gasteiger partial charge in [-0.15, -0.1) is 0 Å². The number of sulfone groups is 1. The lowest BCUT2D eigenvalue weighted by Crippen LogP contribution is -2.18. The van der Waals surface area contributed by atoms with Gasteiger partial charge in [0.1, 0.15) is 9.84 Å². The molecule has 100 valence electrons. The highest BCUT2D eigenvalue weighted by Gasteiger charge is 2.28. The molecule has 1 aliphatic carbocycles. The smallest absolute Gasteiger partial charge is 0.150 e. The molecule has 0 aliphatic heterocycles. The van der Waals surface area contributed by atoms with Gasteiger partial charge in [-0.25, -0.2) is 8.42 Å². The molecular weight excluding hydrogens is 246 g/mol. The van der Waals surface area contributed by atoms with Gasteiger partial charge in [0, 0.05) is 11.8 Å². The van der Waals surface area contributed by atoms with E-state index in [0.717, 1.165) is 19.3 Å². The molecule has 0 amide bonds. The van der Waals surface area contributed by atoms with Crippen molar-refractivity contribution in [1.82, 2.24) is 0 Å². The number of hydrogen-bond donors (Lipinski definition) is 1. The van der Waals surface area contributed by atoms with Crippen LogP contribution in [0.2, 0.25) is 0 Å². The van der Waals surface area contributed by atoms with Crippen LogP contribution in [0.5, 0.6) is 0 Å². The molecule has 2 atom stereocenters. The Balaban J connectivity index is 1.91. The zero-order valence-corrected chi connectivity index (χ0v) is 11.6. The molecular formula is C14H21NO2S. The van der Waals surface area contributed by atoms with Crippen molar-refractivity contribution in [3.8, 4) is 0 Å². The van der Waals surface area contributed by atoms with Crippen molar-refractivity contribution in [3.05, 3.63) is 35.4 Å². The van der Waals surface area contributed by atoms with Crippen LogP contribution in [0.15, 0.2) is 24.3 Å². The Morgan fingerprint density at radius 1 is 1.33 bits per heavy atom. The molecule has 0 spiro atoms. The highest BCUT2D eigenvalue weighted by Crippen LogP contribution is 2.36. The fourth-order valence-corrected chi connectivity index (χ4v) is 3.60. The summed E-state index contributed by atoms with van der Waals surface area (Å²) in [6.45, 7) is 1.70. The quantitative estimate of drug-likeness (QED) is 0.888. The number of nitrogens with two attached hydrogens (primary N) is 1. The van der Waals surface area contributed by atoms with Gasteiger partial charge in [0.15, 0.2) is 0 Å². The lowest BCUT2D eigenvalue weighted by molar-refractivity contribution is 0.429. The predicted molar refractivity (Wildman–Crippen MR) is 74.1 cm³/mol. The summed E-state index contributed by atoms with van der Waals surface area (Å²) in [6.07, 6.45) is 2.61. The summed E-state index contributed by atoms with van der Waals surface area (Å²) in [7, 11) is -2.84. The molecule has 1 aromatic carbocycles. The average Bonchev–Trinajstić information content (AvgIpc) is 2.67. The van der Waals surface area contributed by atoms with E-state index in [1.54, 1.807) is 6.92 Å². The molecule has 0 radical (unpaired) electrons. The Morgan fingerprint density at radius 3 is 2.72 bits per heavy atom. The maximum Gasteiger partial charge on any atom is 0.150 e. The second kappa shape index (κ2) is 5.41. The van der Waals surface area contributed by atoms with Crippen LogP contribution in [0.25, 0.3) is 0 Å². The molecule has 2 N–H and O–H groups in total. The molecule has 0 fully saturated rings. The van der Waals surface area contributed by atoms with E-state index in [1.807, 2.05) is 12.1 Å². The van der Waals surface area contributed by atoms with E-state index in [2.05, 4.69) is 12.1 Å². The topological polar surface area (TPSA) is 60.2 Å².